The highest BCUT2D eigenvalue weighted by molar-refractivity contribution is 4.75. The lowest BCUT2D eigenvalue weighted by Crippen LogP contribution is -2.26. The maximum atomic E-state index is 9.81. The first-order chi connectivity index (χ1) is 6.24. The molecule has 1 N–H and O–H groups in total. The van der Waals surface area contributed by atoms with E-state index in [1.54, 1.807) is 7.11 Å². The lowest BCUT2D eigenvalue weighted by molar-refractivity contribution is 0.0452. The van der Waals surface area contributed by atoms with Gasteiger partial charge in [0, 0.05) is 13.7 Å². The van der Waals surface area contributed by atoms with Crippen molar-refractivity contribution in [2.45, 2.75) is 45.1 Å². The van der Waals surface area contributed by atoms with E-state index >= 15 is 0 Å². The highest BCUT2D eigenvalue weighted by Gasteiger charge is 2.23. The van der Waals surface area contributed by atoms with Crippen LogP contribution >= 0.6 is 0 Å². The first kappa shape index (κ1) is 11.0. The zero-order chi connectivity index (χ0) is 9.68. The van der Waals surface area contributed by atoms with Crippen LogP contribution in [0.1, 0.15) is 39.0 Å². The van der Waals surface area contributed by atoms with Gasteiger partial charge in [0.05, 0.1) is 6.10 Å². The Labute approximate surface area is 81.3 Å². The van der Waals surface area contributed by atoms with Crippen molar-refractivity contribution in [2.24, 2.45) is 11.8 Å². The van der Waals surface area contributed by atoms with Crippen LogP contribution in [0, 0.1) is 11.8 Å². The van der Waals surface area contributed by atoms with Crippen LogP contribution in [0.5, 0.6) is 0 Å². The van der Waals surface area contributed by atoms with Crippen molar-refractivity contribution in [3.63, 3.8) is 0 Å². The maximum absolute atomic E-state index is 9.81. The molecule has 0 aromatic carbocycles. The Balaban J connectivity index is 2.19. The van der Waals surface area contributed by atoms with Crippen molar-refractivity contribution < 1.29 is 9.84 Å². The monoisotopic (exact) mass is 186 g/mol. The van der Waals surface area contributed by atoms with E-state index in [0.29, 0.717) is 12.5 Å². The van der Waals surface area contributed by atoms with Gasteiger partial charge in [-0.3, -0.25) is 0 Å². The lowest BCUT2D eigenvalue weighted by Gasteiger charge is -2.29. The van der Waals surface area contributed by atoms with Gasteiger partial charge in [0.15, 0.2) is 0 Å². The summed E-state index contributed by atoms with van der Waals surface area (Å²) in [6.07, 6.45) is 5.64. The van der Waals surface area contributed by atoms with Gasteiger partial charge in [-0.05, 0) is 31.1 Å². The van der Waals surface area contributed by atoms with Gasteiger partial charge < -0.3 is 9.84 Å². The Morgan fingerprint density at radius 2 is 1.92 bits per heavy atom. The number of aliphatic hydroxyl groups excluding tert-OH is 1. The Morgan fingerprint density at radius 3 is 2.46 bits per heavy atom. The van der Waals surface area contributed by atoms with E-state index < -0.39 is 0 Å². The smallest absolute Gasteiger partial charge is 0.0590 e. The highest BCUT2D eigenvalue weighted by Crippen LogP contribution is 2.31. The molecule has 2 heteroatoms. The second kappa shape index (κ2) is 5.61. The minimum absolute atomic E-state index is 0.132. The quantitative estimate of drug-likeness (QED) is 0.729. The third-order valence-corrected chi connectivity index (χ3v) is 3.22. The molecular weight excluding hydrogens is 164 g/mol. The molecule has 0 aromatic rings. The molecule has 1 fully saturated rings. The Kier molecular flexibility index (Phi) is 4.74. The second-order valence-corrected chi connectivity index (χ2v) is 4.37. The fourth-order valence-corrected chi connectivity index (χ4v) is 2.14. The molecule has 1 atom stereocenters. The summed E-state index contributed by atoms with van der Waals surface area (Å²) in [4.78, 5) is 0. The minimum Gasteiger partial charge on any atom is -0.393 e. The molecule has 0 bridgehead atoms. The fraction of sp³-hybridized carbons (Fsp3) is 1.00. The number of methoxy groups -OCH3 is 1. The molecule has 1 rings (SSSR count). The van der Waals surface area contributed by atoms with Gasteiger partial charge in [-0.25, -0.2) is 0 Å². The number of ether oxygens (including phenoxy) is 1. The lowest BCUT2D eigenvalue weighted by atomic mass is 9.79. The molecule has 0 amide bonds. The zero-order valence-corrected chi connectivity index (χ0v) is 8.83. The van der Waals surface area contributed by atoms with E-state index in [1.807, 2.05) is 0 Å². The van der Waals surface area contributed by atoms with Crippen LogP contribution in [0.2, 0.25) is 0 Å². The van der Waals surface area contributed by atoms with Gasteiger partial charge in [-0.2, -0.15) is 0 Å². The fourth-order valence-electron chi connectivity index (χ4n) is 2.14. The average molecular weight is 186 g/mol. The topological polar surface area (TPSA) is 29.5 Å². The van der Waals surface area contributed by atoms with Crippen LogP contribution in [-0.2, 0) is 4.74 Å². The highest BCUT2D eigenvalue weighted by atomic mass is 16.5. The summed E-state index contributed by atoms with van der Waals surface area (Å²) in [6, 6.07) is 0. The average Bonchev–Trinajstić information content (AvgIpc) is 2.15. The first-order valence-electron chi connectivity index (χ1n) is 5.41. The van der Waals surface area contributed by atoms with E-state index in [9.17, 15) is 5.11 Å². The third-order valence-electron chi connectivity index (χ3n) is 3.22. The number of hydrogen-bond acceptors (Lipinski definition) is 2. The van der Waals surface area contributed by atoms with Gasteiger partial charge in [0.1, 0.15) is 0 Å². The first-order valence-corrected chi connectivity index (χ1v) is 5.41. The molecule has 1 aliphatic carbocycles. The van der Waals surface area contributed by atoms with E-state index in [4.69, 9.17) is 4.74 Å². The summed E-state index contributed by atoms with van der Waals surface area (Å²) in [5.74, 6) is 1.40. The van der Waals surface area contributed by atoms with Crippen LogP contribution in [0.4, 0.5) is 0 Å². The van der Waals surface area contributed by atoms with Crippen LogP contribution < -0.4 is 0 Å². The minimum atomic E-state index is -0.132. The second-order valence-electron chi connectivity index (χ2n) is 4.37. The van der Waals surface area contributed by atoms with Crippen molar-refractivity contribution in [3.05, 3.63) is 0 Å². The molecule has 0 heterocycles. The predicted octanol–water partition coefficient (Wildman–Crippen LogP) is 2.21. The molecule has 13 heavy (non-hydrogen) atoms. The van der Waals surface area contributed by atoms with Crippen molar-refractivity contribution in [1.29, 1.82) is 0 Å². The van der Waals surface area contributed by atoms with Crippen LogP contribution in [0.3, 0.4) is 0 Å². The van der Waals surface area contributed by atoms with Crippen LogP contribution in [0.15, 0.2) is 0 Å². The van der Waals surface area contributed by atoms with Crippen LogP contribution in [-0.4, -0.2) is 24.9 Å². The van der Waals surface area contributed by atoms with E-state index in [2.05, 4.69) is 6.92 Å². The van der Waals surface area contributed by atoms with E-state index in [0.717, 1.165) is 12.3 Å². The Morgan fingerprint density at radius 1 is 1.31 bits per heavy atom. The van der Waals surface area contributed by atoms with Crippen molar-refractivity contribution in [1.82, 2.24) is 0 Å². The van der Waals surface area contributed by atoms with Crippen molar-refractivity contribution in [3.8, 4) is 0 Å². The molecule has 0 aromatic heterocycles. The van der Waals surface area contributed by atoms with Gasteiger partial charge >= 0.3 is 0 Å². The molecule has 0 saturated heterocycles. The maximum Gasteiger partial charge on any atom is 0.0590 e. The van der Waals surface area contributed by atoms with Gasteiger partial charge in [0.2, 0.25) is 0 Å². The predicted molar refractivity (Wildman–Crippen MR) is 53.6 cm³/mol. The van der Waals surface area contributed by atoms with Gasteiger partial charge in [-0.15, -0.1) is 0 Å². The van der Waals surface area contributed by atoms with Gasteiger partial charge in [-0.1, -0.05) is 19.8 Å². The Bertz CT molecular complexity index is 128. The summed E-state index contributed by atoms with van der Waals surface area (Å²) in [5.41, 5.74) is 0. The van der Waals surface area contributed by atoms with E-state index in [1.165, 1.54) is 25.7 Å². The largest absolute Gasteiger partial charge is 0.393 e. The number of hydrogen-bond donors (Lipinski definition) is 1. The number of aliphatic hydroxyl groups is 1. The summed E-state index contributed by atoms with van der Waals surface area (Å²) < 4.78 is 4.96. The third kappa shape index (κ3) is 3.65. The standard InChI is InChI=1S/C11H22O2/c1-9-3-5-10(6-4-9)11(12)7-8-13-2/h9-12H,3-8H2,1-2H3. The molecule has 0 spiro atoms. The normalized spacial score (nSPS) is 31.6. The summed E-state index contributed by atoms with van der Waals surface area (Å²) in [5, 5.41) is 9.81. The molecular formula is C11H22O2. The summed E-state index contributed by atoms with van der Waals surface area (Å²) in [7, 11) is 1.69. The molecule has 1 unspecified atom stereocenters. The van der Waals surface area contributed by atoms with Crippen molar-refractivity contribution >= 4 is 0 Å². The van der Waals surface area contributed by atoms with E-state index in [-0.39, 0.29) is 6.10 Å². The molecule has 1 saturated carbocycles. The Hall–Kier alpha value is -0.0800. The van der Waals surface area contributed by atoms with Crippen molar-refractivity contribution in [2.75, 3.05) is 13.7 Å². The summed E-state index contributed by atoms with van der Waals surface area (Å²) >= 11 is 0. The zero-order valence-electron chi connectivity index (χ0n) is 8.83. The molecule has 1 aliphatic rings. The molecule has 78 valence electrons. The molecule has 0 radical (unpaired) electrons. The molecule has 2 nitrogen and oxygen atoms in total. The van der Waals surface area contributed by atoms with Crippen LogP contribution in [0.25, 0.3) is 0 Å². The van der Waals surface area contributed by atoms with Gasteiger partial charge in [0.25, 0.3) is 0 Å². The SMILES string of the molecule is COCCC(O)C1CCC(C)CC1. The summed E-state index contributed by atoms with van der Waals surface area (Å²) in [6.45, 7) is 2.99. The molecule has 0 aliphatic heterocycles. The number of rotatable bonds is 4.